The van der Waals surface area contributed by atoms with Crippen molar-refractivity contribution in [3.05, 3.63) is 29.6 Å². The van der Waals surface area contributed by atoms with E-state index in [-0.39, 0.29) is 6.04 Å². The maximum atomic E-state index is 5.64. The predicted molar refractivity (Wildman–Crippen MR) is 64.7 cm³/mol. The van der Waals surface area contributed by atoms with Gasteiger partial charge in [0.15, 0.2) is 0 Å². The summed E-state index contributed by atoms with van der Waals surface area (Å²) in [4.78, 5) is 4.09. The van der Waals surface area contributed by atoms with Crippen molar-refractivity contribution in [3.8, 4) is 0 Å². The molecule has 4 nitrogen and oxygen atoms in total. The van der Waals surface area contributed by atoms with Gasteiger partial charge in [-0.25, -0.2) is 0 Å². The first-order valence-corrected chi connectivity index (χ1v) is 5.56. The molecular weight excluding hydrogens is 202 g/mol. The van der Waals surface area contributed by atoms with E-state index in [4.69, 9.17) is 10.6 Å². The van der Waals surface area contributed by atoms with Gasteiger partial charge < -0.3 is 4.74 Å². The average Bonchev–Trinajstić information content (AvgIpc) is 2.30. The van der Waals surface area contributed by atoms with Gasteiger partial charge in [-0.2, -0.15) is 0 Å². The molecule has 0 amide bonds. The number of nitrogens with two attached hydrogens (primary N) is 1. The second-order valence-corrected chi connectivity index (χ2v) is 4.14. The molecule has 0 aliphatic carbocycles. The van der Waals surface area contributed by atoms with E-state index in [1.54, 1.807) is 13.3 Å². The molecule has 1 aromatic heterocycles. The van der Waals surface area contributed by atoms with Crippen molar-refractivity contribution in [2.75, 3.05) is 13.7 Å². The molecule has 1 aromatic rings. The van der Waals surface area contributed by atoms with E-state index < -0.39 is 0 Å². The van der Waals surface area contributed by atoms with Gasteiger partial charge in [0.05, 0.1) is 0 Å². The highest BCUT2D eigenvalue weighted by atomic mass is 16.5. The molecule has 90 valence electrons. The lowest BCUT2D eigenvalue weighted by Crippen LogP contribution is -2.33. The third kappa shape index (κ3) is 3.27. The third-order valence-corrected chi connectivity index (χ3v) is 2.92. The van der Waals surface area contributed by atoms with Gasteiger partial charge in [0, 0.05) is 32.2 Å². The van der Waals surface area contributed by atoms with Gasteiger partial charge in [0.1, 0.15) is 0 Å². The molecule has 0 saturated heterocycles. The summed E-state index contributed by atoms with van der Waals surface area (Å²) in [5.74, 6) is 6.06. The summed E-state index contributed by atoms with van der Waals surface area (Å²) in [6, 6.07) is 2.17. The van der Waals surface area contributed by atoms with Crippen LogP contribution in [0.3, 0.4) is 0 Å². The largest absolute Gasteiger partial charge is 0.385 e. The Labute approximate surface area is 97.2 Å². The summed E-state index contributed by atoms with van der Waals surface area (Å²) in [5, 5.41) is 0. The summed E-state index contributed by atoms with van der Waals surface area (Å²) in [7, 11) is 1.72. The van der Waals surface area contributed by atoms with Gasteiger partial charge in [0.25, 0.3) is 0 Å². The van der Waals surface area contributed by atoms with E-state index in [1.807, 2.05) is 12.3 Å². The minimum atomic E-state index is 0.151. The van der Waals surface area contributed by atoms with Crippen LogP contribution >= 0.6 is 0 Å². The number of nitrogens with zero attached hydrogens (tertiary/aromatic N) is 1. The van der Waals surface area contributed by atoms with Crippen LogP contribution in [0.4, 0.5) is 0 Å². The number of ether oxygens (including phenoxy) is 1. The topological polar surface area (TPSA) is 60.2 Å². The minimum absolute atomic E-state index is 0.151. The summed E-state index contributed by atoms with van der Waals surface area (Å²) in [6.07, 6.45) is 4.64. The van der Waals surface area contributed by atoms with E-state index in [9.17, 15) is 0 Å². The van der Waals surface area contributed by atoms with Crippen molar-refractivity contribution in [2.45, 2.75) is 26.3 Å². The van der Waals surface area contributed by atoms with E-state index >= 15 is 0 Å². The van der Waals surface area contributed by atoms with E-state index in [1.165, 1.54) is 5.56 Å². The first kappa shape index (κ1) is 13.1. The van der Waals surface area contributed by atoms with Crippen LogP contribution in [-0.4, -0.2) is 18.7 Å². The number of hydrogen-bond acceptors (Lipinski definition) is 4. The van der Waals surface area contributed by atoms with E-state index in [0.717, 1.165) is 18.6 Å². The summed E-state index contributed by atoms with van der Waals surface area (Å²) in [6.45, 7) is 4.97. The Balaban J connectivity index is 2.77. The maximum Gasteiger partial charge on any atom is 0.0490 e. The van der Waals surface area contributed by atoms with Crippen LogP contribution in [0.15, 0.2) is 18.5 Å². The highest BCUT2D eigenvalue weighted by Gasteiger charge is 2.19. The molecule has 0 aliphatic rings. The number of aryl methyl sites for hydroxylation is 1. The first-order chi connectivity index (χ1) is 7.70. The van der Waals surface area contributed by atoms with Crippen molar-refractivity contribution in [1.82, 2.24) is 10.4 Å². The zero-order valence-electron chi connectivity index (χ0n) is 10.2. The third-order valence-electron chi connectivity index (χ3n) is 2.92. The molecule has 0 aromatic carbocycles. The smallest absolute Gasteiger partial charge is 0.0490 e. The zero-order valence-corrected chi connectivity index (χ0v) is 10.2. The lowest BCUT2D eigenvalue weighted by atomic mass is 9.91. The minimum Gasteiger partial charge on any atom is -0.385 e. The van der Waals surface area contributed by atoms with Gasteiger partial charge in [-0.15, -0.1) is 0 Å². The van der Waals surface area contributed by atoms with Crippen LogP contribution in [0.1, 0.15) is 30.5 Å². The number of hydrazine groups is 1. The zero-order chi connectivity index (χ0) is 12.0. The Bertz CT molecular complexity index is 317. The van der Waals surface area contributed by atoms with Gasteiger partial charge >= 0.3 is 0 Å². The molecule has 0 spiro atoms. The molecular formula is C12H21N3O. The van der Waals surface area contributed by atoms with Crippen molar-refractivity contribution in [3.63, 3.8) is 0 Å². The second kappa shape index (κ2) is 6.58. The van der Waals surface area contributed by atoms with Crippen LogP contribution in [0, 0.1) is 12.8 Å². The standard InChI is InChI=1S/C12H21N3O/c1-9(5-7-16-3)12(15-13)11-4-6-14-8-10(11)2/h4,6,8-9,12,15H,5,7,13H2,1-3H3. The van der Waals surface area contributed by atoms with Crippen molar-refractivity contribution in [2.24, 2.45) is 11.8 Å². The quantitative estimate of drug-likeness (QED) is 0.567. The van der Waals surface area contributed by atoms with Crippen LogP contribution in [0.25, 0.3) is 0 Å². The van der Waals surface area contributed by atoms with Crippen molar-refractivity contribution < 1.29 is 4.74 Å². The summed E-state index contributed by atoms with van der Waals surface area (Å²) >= 11 is 0. The Morgan fingerprint density at radius 3 is 2.88 bits per heavy atom. The summed E-state index contributed by atoms with van der Waals surface area (Å²) in [5.41, 5.74) is 5.26. The van der Waals surface area contributed by atoms with Crippen molar-refractivity contribution in [1.29, 1.82) is 0 Å². The predicted octanol–water partition coefficient (Wildman–Crippen LogP) is 1.57. The normalized spacial score (nSPS) is 14.8. The van der Waals surface area contributed by atoms with Crippen molar-refractivity contribution >= 4 is 0 Å². The molecule has 2 unspecified atom stereocenters. The Kier molecular flexibility index (Phi) is 5.38. The fourth-order valence-electron chi connectivity index (χ4n) is 1.86. The fraction of sp³-hybridized carbons (Fsp3) is 0.583. The van der Waals surface area contributed by atoms with Crippen LogP contribution in [0.2, 0.25) is 0 Å². The molecule has 3 N–H and O–H groups in total. The molecule has 4 heteroatoms. The van der Waals surface area contributed by atoms with Gasteiger partial charge in [-0.1, -0.05) is 6.92 Å². The lowest BCUT2D eigenvalue weighted by Gasteiger charge is -2.24. The first-order valence-electron chi connectivity index (χ1n) is 5.56. The second-order valence-electron chi connectivity index (χ2n) is 4.14. The Morgan fingerprint density at radius 1 is 1.56 bits per heavy atom. The molecule has 0 saturated carbocycles. The van der Waals surface area contributed by atoms with Crippen LogP contribution < -0.4 is 11.3 Å². The monoisotopic (exact) mass is 223 g/mol. The average molecular weight is 223 g/mol. The van der Waals surface area contributed by atoms with E-state index in [0.29, 0.717) is 5.92 Å². The highest BCUT2D eigenvalue weighted by molar-refractivity contribution is 5.25. The number of nitrogens with one attached hydrogen (secondary N) is 1. The number of aromatic nitrogens is 1. The number of methoxy groups -OCH3 is 1. The van der Waals surface area contributed by atoms with Crippen LogP contribution in [0.5, 0.6) is 0 Å². The fourth-order valence-corrected chi connectivity index (χ4v) is 1.86. The Hall–Kier alpha value is -0.970. The molecule has 0 radical (unpaired) electrons. The van der Waals surface area contributed by atoms with Gasteiger partial charge in [-0.3, -0.25) is 16.3 Å². The number of hydrogen-bond donors (Lipinski definition) is 2. The molecule has 0 aliphatic heterocycles. The molecule has 1 heterocycles. The molecule has 16 heavy (non-hydrogen) atoms. The molecule has 2 atom stereocenters. The van der Waals surface area contributed by atoms with E-state index in [2.05, 4.69) is 24.3 Å². The maximum absolute atomic E-state index is 5.64. The lowest BCUT2D eigenvalue weighted by molar-refractivity contribution is 0.170. The number of rotatable bonds is 6. The Morgan fingerprint density at radius 2 is 2.31 bits per heavy atom. The SMILES string of the molecule is COCCC(C)C(NN)c1ccncc1C. The van der Waals surface area contributed by atoms with Gasteiger partial charge in [-0.05, 0) is 36.5 Å². The van der Waals surface area contributed by atoms with Crippen LogP contribution in [-0.2, 0) is 4.74 Å². The summed E-state index contributed by atoms with van der Waals surface area (Å²) < 4.78 is 5.09. The molecule has 1 rings (SSSR count). The molecule has 0 bridgehead atoms. The van der Waals surface area contributed by atoms with Gasteiger partial charge in [0.2, 0.25) is 0 Å². The number of pyridine rings is 1. The molecule has 0 fully saturated rings. The highest BCUT2D eigenvalue weighted by Crippen LogP contribution is 2.25.